The van der Waals surface area contributed by atoms with Crippen LogP contribution in [0.1, 0.15) is 42.3 Å². The van der Waals surface area contributed by atoms with E-state index in [-0.39, 0.29) is 5.91 Å². The lowest BCUT2D eigenvalue weighted by Gasteiger charge is -2.35. The van der Waals surface area contributed by atoms with E-state index in [0.717, 1.165) is 12.8 Å². The quantitative estimate of drug-likeness (QED) is 0.839. The summed E-state index contributed by atoms with van der Waals surface area (Å²) in [5.74, 6) is -0.215. The van der Waals surface area contributed by atoms with Crippen LogP contribution < -0.4 is 11.1 Å². The van der Waals surface area contributed by atoms with E-state index < -0.39 is 11.5 Å². The van der Waals surface area contributed by atoms with Crippen molar-refractivity contribution in [3.8, 4) is 0 Å². The summed E-state index contributed by atoms with van der Waals surface area (Å²) in [5.41, 5.74) is 5.88. The summed E-state index contributed by atoms with van der Waals surface area (Å²) in [5, 5.41) is 4.53. The smallest absolute Gasteiger partial charge is 0.350 e. The minimum Gasteiger partial charge on any atom is -0.465 e. The van der Waals surface area contributed by atoms with E-state index in [1.165, 1.54) is 18.4 Å². The Morgan fingerprint density at radius 1 is 1.55 bits per heavy atom. The maximum Gasteiger partial charge on any atom is 0.350 e. The molecule has 1 amide bonds. The van der Waals surface area contributed by atoms with Crippen LogP contribution in [0.2, 0.25) is 0 Å². The summed E-state index contributed by atoms with van der Waals surface area (Å²) in [4.78, 5) is 24.4. The third-order valence-electron chi connectivity index (χ3n) is 3.77. The fourth-order valence-corrected chi connectivity index (χ4v) is 3.47. The van der Waals surface area contributed by atoms with Crippen LogP contribution in [-0.4, -0.2) is 24.5 Å². The lowest BCUT2D eigenvalue weighted by atomic mass is 9.76. The molecule has 110 valence electrons. The molecule has 0 saturated heterocycles. The molecule has 0 spiro atoms. The predicted molar refractivity (Wildman–Crippen MR) is 78.8 cm³/mol. The standard InChI is InChI=1S/C14H20N2O3S/c1-9-4-3-6-14(15,8-9)13(18)16-10-5-7-20-11(10)12(17)19-2/h5,7,9H,3-4,6,8,15H2,1-2H3,(H,16,18). The van der Waals surface area contributed by atoms with Crippen LogP contribution >= 0.6 is 11.3 Å². The fraction of sp³-hybridized carbons (Fsp3) is 0.571. The molecule has 20 heavy (non-hydrogen) atoms. The normalized spacial score (nSPS) is 26.1. The predicted octanol–water partition coefficient (Wildman–Crippen LogP) is 2.38. The van der Waals surface area contributed by atoms with Gasteiger partial charge in [0, 0.05) is 0 Å². The Labute approximate surface area is 122 Å². The first-order valence-corrected chi connectivity index (χ1v) is 7.60. The summed E-state index contributed by atoms with van der Waals surface area (Å²) in [7, 11) is 1.32. The van der Waals surface area contributed by atoms with Gasteiger partial charge in [0.15, 0.2) is 0 Å². The molecule has 3 N–H and O–H groups in total. The maximum absolute atomic E-state index is 12.4. The van der Waals surface area contributed by atoms with E-state index in [0.29, 0.717) is 29.3 Å². The first kappa shape index (κ1) is 15.0. The zero-order valence-corrected chi connectivity index (χ0v) is 12.6. The maximum atomic E-state index is 12.4. The number of carbonyl (C=O) groups excluding carboxylic acids is 2. The van der Waals surface area contributed by atoms with Crippen LogP contribution in [0.3, 0.4) is 0 Å². The first-order valence-electron chi connectivity index (χ1n) is 6.72. The van der Waals surface area contributed by atoms with Crippen molar-refractivity contribution in [1.29, 1.82) is 0 Å². The van der Waals surface area contributed by atoms with Crippen LogP contribution in [0.15, 0.2) is 11.4 Å². The molecule has 1 aromatic rings. The van der Waals surface area contributed by atoms with Gasteiger partial charge in [0.05, 0.1) is 18.3 Å². The number of ether oxygens (including phenoxy) is 1. The van der Waals surface area contributed by atoms with Crippen molar-refractivity contribution in [2.24, 2.45) is 11.7 Å². The number of amides is 1. The van der Waals surface area contributed by atoms with Crippen molar-refractivity contribution in [3.05, 3.63) is 16.3 Å². The molecule has 6 heteroatoms. The van der Waals surface area contributed by atoms with E-state index >= 15 is 0 Å². The van der Waals surface area contributed by atoms with Crippen molar-refractivity contribution in [2.75, 3.05) is 12.4 Å². The van der Waals surface area contributed by atoms with Gasteiger partial charge in [-0.15, -0.1) is 11.3 Å². The number of methoxy groups -OCH3 is 1. The van der Waals surface area contributed by atoms with E-state index in [9.17, 15) is 9.59 Å². The molecule has 1 heterocycles. The Kier molecular flexibility index (Phi) is 4.45. The molecule has 2 atom stereocenters. The van der Waals surface area contributed by atoms with Crippen LogP contribution in [0.5, 0.6) is 0 Å². The zero-order valence-electron chi connectivity index (χ0n) is 11.8. The number of hydrogen-bond donors (Lipinski definition) is 2. The van der Waals surface area contributed by atoms with Gasteiger partial charge in [-0.3, -0.25) is 4.79 Å². The van der Waals surface area contributed by atoms with Gasteiger partial charge in [0.2, 0.25) is 5.91 Å². The molecule has 0 bridgehead atoms. The first-order chi connectivity index (χ1) is 9.46. The topological polar surface area (TPSA) is 81.4 Å². The van der Waals surface area contributed by atoms with Gasteiger partial charge in [-0.25, -0.2) is 4.79 Å². The van der Waals surface area contributed by atoms with E-state index in [2.05, 4.69) is 12.2 Å². The molecule has 0 radical (unpaired) electrons. The molecule has 1 saturated carbocycles. The summed E-state index contributed by atoms with van der Waals surface area (Å²) in [6, 6.07) is 1.70. The summed E-state index contributed by atoms with van der Waals surface area (Å²) in [6.07, 6.45) is 3.42. The molecule has 2 unspecified atom stereocenters. The molecule has 5 nitrogen and oxygen atoms in total. The largest absolute Gasteiger partial charge is 0.465 e. The molecule has 1 aliphatic carbocycles. The van der Waals surface area contributed by atoms with Crippen molar-refractivity contribution in [2.45, 2.75) is 38.1 Å². The average Bonchev–Trinajstić information content (AvgIpc) is 2.85. The van der Waals surface area contributed by atoms with Crippen molar-refractivity contribution in [1.82, 2.24) is 0 Å². The van der Waals surface area contributed by atoms with Crippen molar-refractivity contribution >= 4 is 28.9 Å². The fourth-order valence-electron chi connectivity index (χ4n) is 2.70. The number of anilines is 1. The van der Waals surface area contributed by atoms with Gasteiger partial charge in [0.1, 0.15) is 4.88 Å². The van der Waals surface area contributed by atoms with Crippen LogP contribution in [-0.2, 0) is 9.53 Å². The SMILES string of the molecule is COC(=O)c1sccc1NC(=O)C1(N)CCCC(C)C1. The highest BCUT2D eigenvalue weighted by molar-refractivity contribution is 7.12. The Morgan fingerprint density at radius 3 is 2.95 bits per heavy atom. The Bertz CT molecular complexity index is 514. The van der Waals surface area contributed by atoms with Gasteiger partial charge in [0.25, 0.3) is 0 Å². The van der Waals surface area contributed by atoms with Gasteiger partial charge in [-0.2, -0.15) is 0 Å². The number of carbonyl (C=O) groups is 2. The van der Waals surface area contributed by atoms with Gasteiger partial charge < -0.3 is 15.8 Å². The third-order valence-corrected chi connectivity index (χ3v) is 4.66. The van der Waals surface area contributed by atoms with Gasteiger partial charge >= 0.3 is 5.97 Å². The molecule has 1 aromatic heterocycles. The number of nitrogens with one attached hydrogen (secondary N) is 1. The molecule has 2 rings (SSSR count). The summed E-state index contributed by atoms with van der Waals surface area (Å²) in [6.45, 7) is 2.11. The summed E-state index contributed by atoms with van der Waals surface area (Å²) >= 11 is 1.24. The van der Waals surface area contributed by atoms with Crippen LogP contribution in [0.25, 0.3) is 0 Å². The van der Waals surface area contributed by atoms with Crippen molar-refractivity contribution in [3.63, 3.8) is 0 Å². The molecular weight excluding hydrogens is 276 g/mol. The highest BCUT2D eigenvalue weighted by Gasteiger charge is 2.38. The van der Waals surface area contributed by atoms with Crippen LogP contribution in [0.4, 0.5) is 5.69 Å². The second-order valence-corrected chi connectivity index (χ2v) is 6.38. The number of esters is 1. The number of hydrogen-bond acceptors (Lipinski definition) is 5. The molecule has 1 aliphatic rings. The zero-order chi connectivity index (χ0) is 14.8. The highest BCUT2D eigenvalue weighted by Crippen LogP contribution is 2.32. The van der Waals surface area contributed by atoms with Gasteiger partial charge in [-0.1, -0.05) is 19.8 Å². The Hall–Kier alpha value is -1.40. The van der Waals surface area contributed by atoms with Gasteiger partial charge in [-0.05, 0) is 30.2 Å². The van der Waals surface area contributed by atoms with E-state index in [4.69, 9.17) is 10.5 Å². The highest BCUT2D eigenvalue weighted by atomic mass is 32.1. The second kappa shape index (κ2) is 5.93. The van der Waals surface area contributed by atoms with Crippen molar-refractivity contribution < 1.29 is 14.3 Å². The Morgan fingerprint density at radius 2 is 2.30 bits per heavy atom. The second-order valence-electron chi connectivity index (χ2n) is 5.47. The molecule has 0 aliphatic heterocycles. The number of nitrogens with two attached hydrogens (primary N) is 1. The average molecular weight is 296 g/mol. The minimum absolute atomic E-state index is 0.215. The Balaban J connectivity index is 2.12. The number of thiophene rings is 1. The van der Waals surface area contributed by atoms with E-state index in [1.807, 2.05) is 0 Å². The lowest BCUT2D eigenvalue weighted by Crippen LogP contribution is -2.53. The van der Waals surface area contributed by atoms with E-state index in [1.54, 1.807) is 11.4 Å². The summed E-state index contributed by atoms with van der Waals surface area (Å²) < 4.78 is 4.69. The third kappa shape index (κ3) is 3.02. The number of rotatable bonds is 3. The monoisotopic (exact) mass is 296 g/mol. The molecule has 0 aromatic carbocycles. The molecular formula is C14H20N2O3S. The minimum atomic E-state index is -0.840. The van der Waals surface area contributed by atoms with Crippen LogP contribution in [0, 0.1) is 5.92 Å². The lowest BCUT2D eigenvalue weighted by molar-refractivity contribution is -0.122. The molecule has 1 fully saturated rings.